The molecule has 6 rings (SSSR count). The van der Waals surface area contributed by atoms with Crippen LogP contribution in [0.2, 0.25) is 0 Å². The average molecular weight is 565 g/mol. The van der Waals surface area contributed by atoms with Crippen molar-refractivity contribution in [2.75, 3.05) is 0 Å². The first-order chi connectivity index (χ1) is 18.6. The number of thiophene rings is 2. The van der Waals surface area contributed by atoms with E-state index in [4.69, 9.17) is 8.75 Å². The van der Waals surface area contributed by atoms with E-state index in [1.807, 2.05) is 22.7 Å². The summed E-state index contributed by atoms with van der Waals surface area (Å²) in [6, 6.07) is 30.7. The van der Waals surface area contributed by atoms with Crippen LogP contribution in [0.4, 0.5) is 0 Å². The van der Waals surface area contributed by atoms with Crippen LogP contribution in [-0.2, 0) is 10.8 Å². The fraction of sp³-hybridized carbons (Fsp3) is 0.235. The first-order valence-electron chi connectivity index (χ1n) is 13.3. The lowest BCUT2D eigenvalue weighted by molar-refractivity contribution is 0.605. The van der Waals surface area contributed by atoms with Crippen LogP contribution in [0.15, 0.2) is 84.9 Å². The number of fused-ring (bicyclic) bond motifs is 1. The SMILES string of the molecule is CC(C)(C)c1sc(-c2ccc(-c3cc(-c4ccccc4)c(C(C)(C)C)s3)c3nsnc23)cc1-c1ccccc1. The lowest BCUT2D eigenvalue weighted by Gasteiger charge is -2.19. The Bertz CT molecular complexity index is 1630. The van der Waals surface area contributed by atoms with Gasteiger partial charge in [-0.05, 0) is 45.2 Å². The quantitative estimate of drug-likeness (QED) is 0.213. The molecule has 3 heterocycles. The van der Waals surface area contributed by atoms with E-state index in [9.17, 15) is 0 Å². The summed E-state index contributed by atoms with van der Waals surface area (Å²) in [5.74, 6) is 0. The van der Waals surface area contributed by atoms with Crippen LogP contribution in [0, 0.1) is 0 Å². The van der Waals surface area contributed by atoms with Crippen molar-refractivity contribution in [3.63, 3.8) is 0 Å². The summed E-state index contributed by atoms with van der Waals surface area (Å²) in [4.78, 5) is 5.28. The summed E-state index contributed by atoms with van der Waals surface area (Å²) >= 11 is 5.07. The Morgan fingerprint density at radius 3 is 1.23 bits per heavy atom. The highest BCUT2D eigenvalue weighted by atomic mass is 32.1. The molecule has 39 heavy (non-hydrogen) atoms. The van der Waals surface area contributed by atoms with Crippen LogP contribution in [0.5, 0.6) is 0 Å². The van der Waals surface area contributed by atoms with Crippen molar-refractivity contribution >= 4 is 45.4 Å². The molecule has 3 aromatic carbocycles. The molecule has 0 spiro atoms. The van der Waals surface area contributed by atoms with Gasteiger partial charge in [-0.25, -0.2) is 0 Å². The highest BCUT2D eigenvalue weighted by Gasteiger charge is 2.26. The van der Waals surface area contributed by atoms with E-state index in [2.05, 4.69) is 126 Å². The van der Waals surface area contributed by atoms with Crippen LogP contribution in [0.25, 0.3) is 54.2 Å². The second-order valence-electron chi connectivity index (χ2n) is 12.1. The topological polar surface area (TPSA) is 25.8 Å². The minimum Gasteiger partial charge on any atom is -0.172 e. The Balaban J connectivity index is 1.51. The summed E-state index contributed by atoms with van der Waals surface area (Å²) in [7, 11) is 0. The molecule has 196 valence electrons. The maximum Gasteiger partial charge on any atom is 0.114 e. The summed E-state index contributed by atoms with van der Waals surface area (Å²) in [5, 5.41) is 0. The van der Waals surface area contributed by atoms with Gasteiger partial charge >= 0.3 is 0 Å². The molecule has 0 aliphatic rings. The van der Waals surface area contributed by atoms with Gasteiger partial charge in [-0.15, -0.1) is 22.7 Å². The van der Waals surface area contributed by atoms with Gasteiger partial charge in [0.15, 0.2) is 0 Å². The molecule has 0 fully saturated rings. The Morgan fingerprint density at radius 1 is 0.487 bits per heavy atom. The van der Waals surface area contributed by atoms with E-state index in [1.165, 1.54) is 53.5 Å². The standard InChI is InChI=1S/C34H32N2S3/c1-33(2,3)31-25(21-13-9-7-10-14-21)19-27(37-31)23-17-18-24(30-29(23)35-39-36-30)28-20-26(22-15-11-8-12-16-22)32(38-28)34(4,5)6/h7-20H,1-6H3. The number of benzene rings is 3. The molecule has 6 aromatic rings. The predicted octanol–water partition coefficient (Wildman–Crippen LogP) is 11.1. The van der Waals surface area contributed by atoms with Crippen LogP contribution in [-0.4, -0.2) is 8.75 Å². The minimum atomic E-state index is 0.0433. The third-order valence-electron chi connectivity index (χ3n) is 6.94. The van der Waals surface area contributed by atoms with Gasteiger partial charge < -0.3 is 0 Å². The highest BCUT2D eigenvalue weighted by Crippen LogP contribution is 2.48. The Morgan fingerprint density at radius 2 is 0.872 bits per heavy atom. The molecule has 0 unspecified atom stereocenters. The summed E-state index contributed by atoms with van der Waals surface area (Å²) in [6.45, 7) is 13.8. The van der Waals surface area contributed by atoms with Gasteiger partial charge in [0, 0.05) is 30.6 Å². The second kappa shape index (κ2) is 9.81. The molecular formula is C34H32N2S3. The third kappa shape index (κ3) is 4.88. The Hall–Kier alpha value is -3.12. The second-order valence-corrected chi connectivity index (χ2v) is 14.7. The van der Waals surface area contributed by atoms with E-state index in [1.54, 1.807) is 0 Å². The number of hydrogen-bond donors (Lipinski definition) is 0. The molecule has 5 heteroatoms. The van der Waals surface area contributed by atoms with E-state index in [0.29, 0.717) is 0 Å². The zero-order valence-electron chi connectivity index (χ0n) is 23.2. The lowest BCUT2D eigenvalue weighted by atomic mass is 9.89. The van der Waals surface area contributed by atoms with Crippen molar-refractivity contribution in [1.29, 1.82) is 0 Å². The van der Waals surface area contributed by atoms with Crippen molar-refractivity contribution in [1.82, 2.24) is 8.75 Å². The summed E-state index contributed by atoms with van der Waals surface area (Å²) in [6.07, 6.45) is 0. The molecule has 0 atom stereocenters. The highest BCUT2D eigenvalue weighted by molar-refractivity contribution is 7.16. The van der Waals surface area contributed by atoms with Gasteiger partial charge in [-0.3, -0.25) is 0 Å². The molecular weight excluding hydrogens is 533 g/mol. The normalized spacial score (nSPS) is 12.4. The fourth-order valence-electron chi connectivity index (χ4n) is 5.09. The van der Waals surface area contributed by atoms with Crippen LogP contribution >= 0.6 is 34.4 Å². The molecule has 3 aromatic heterocycles. The number of nitrogens with zero attached hydrogens (tertiary/aromatic N) is 2. The van der Waals surface area contributed by atoms with Crippen molar-refractivity contribution < 1.29 is 0 Å². The van der Waals surface area contributed by atoms with E-state index < -0.39 is 0 Å². The Kier molecular flexibility index (Phi) is 6.57. The molecule has 0 saturated carbocycles. The average Bonchev–Trinajstić information content (AvgIpc) is 3.67. The summed E-state index contributed by atoms with van der Waals surface area (Å²) < 4.78 is 9.67. The van der Waals surface area contributed by atoms with E-state index in [-0.39, 0.29) is 10.8 Å². The first kappa shape index (κ1) is 26.1. The third-order valence-corrected chi connectivity index (χ3v) is 10.7. The van der Waals surface area contributed by atoms with E-state index in [0.717, 1.165) is 22.2 Å². The monoisotopic (exact) mass is 564 g/mol. The van der Waals surface area contributed by atoms with Gasteiger partial charge in [-0.2, -0.15) is 8.75 Å². The van der Waals surface area contributed by atoms with Gasteiger partial charge in [0.2, 0.25) is 0 Å². The number of hydrogen-bond acceptors (Lipinski definition) is 5. The Labute approximate surface area is 243 Å². The van der Waals surface area contributed by atoms with Gasteiger partial charge in [-0.1, -0.05) is 114 Å². The molecule has 0 N–H and O–H groups in total. The van der Waals surface area contributed by atoms with Gasteiger partial charge in [0.25, 0.3) is 0 Å². The molecule has 0 radical (unpaired) electrons. The molecule has 0 amide bonds. The van der Waals surface area contributed by atoms with Crippen LogP contribution in [0.1, 0.15) is 51.3 Å². The van der Waals surface area contributed by atoms with E-state index >= 15 is 0 Å². The van der Waals surface area contributed by atoms with Crippen molar-refractivity contribution in [2.45, 2.75) is 52.4 Å². The first-order valence-corrected chi connectivity index (χ1v) is 15.6. The smallest absolute Gasteiger partial charge is 0.114 e. The van der Waals surface area contributed by atoms with Crippen molar-refractivity contribution in [2.24, 2.45) is 0 Å². The zero-order valence-corrected chi connectivity index (χ0v) is 25.7. The van der Waals surface area contributed by atoms with Gasteiger partial charge in [0.05, 0.1) is 11.7 Å². The van der Waals surface area contributed by atoms with Crippen LogP contribution in [0.3, 0.4) is 0 Å². The maximum absolute atomic E-state index is 4.83. The largest absolute Gasteiger partial charge is 0.172 e. The summed E-state index contributed by atoms with van der Waals surface area (Å²) in [5.41, 5.74) is 9.53. The van der Waals surface area contributed by atoms with Gasteiger partial charge in [0.1, 0.15) is 11.0 Å². The molecule has 0 aliphatic heterocycles. The predicted molar refractivity (Wildman–Crippen MR) is 172 cm³/mol. The zero-order chi connectivity index (χ0) is 27.4. The van der Waals surface area contributed by atoms with Crippen molar-refractivity contribution in [3.8, 4) is 43.1 Å². The molecule has 0 aliphatic carbocycles. The fourth-order valence-corrected chi connectivity index (χ4v) is 8.19. The molecule has 0 bridgehead atoms. The van der Waals surface area contributed by atoms with Crippen molar-refractivity contribution in [3.05, 3.63) is 94.7 Å². The minimum absolute atomic E-state index is 0.0433. The maximum atomic E-state index is 4.83. The van der Waals surface area contributed by atoms with Crippen LogP contribution < -0.4 is 0 Å². The molecule has 0 saturated heterocycles. The molecule has 2 nitrogen and oxygen atoms in total. The number of aromatic nitrogens is 2. The lowest BCUT2D eigenvalue weighted by Crippen LogP contribution is -2.09. The number of rotatable bonds is 4.